The second-order valence-corrected chi connectivity index (χ2v) is 6.76. The van der Waals surface area contributed by atoms with Gasteiger partial charge in [0.1, 0.15) is 6.04 Å². The third-order valence-corrected chi connectivity index (χ3v) is 4.78. The van der Waals surface area contributed by atoms with Crippen LogP contribution in [0.2, 0.25) is 0 Å². The Bertz CT molecular complexity index is 460. The minimum absolute atomic E-state index is 0.163. The Morgan fingerprint density at radius 2 is 1.65 bits per heavy atom. The van der Waals surface area contributed by atoms with Gasteiger partial charge in [0, 0.05) is 13.1 Å². The van der Waals surface area contributed by atoms with E-state index in [1.165, 1.54) is 25.7 Å². The van der Waals surface area contributed by atoms with Crippen LogP contribution < -0.4 is 5.32 Å². The van der Waals surface area contributed by atoms with E-state index in [2.05, 4.69) is 31.0 Å². The Balaban J connectivity index is 2.44. The molecule has 0 aliphatic heterocycles. The summed E-state index contributed by atoms with van der Waals surface area (Å²) in [6, 6.07) is 9.50. The second kappa shape index (κ2) is 14.7. The standard InChI is InChI=1S/C22H38N2O2/c1-4-7-8-9-10-14-19-26-22(25)21(20-15-12-11-13-16-20)23-17-18-24(5-2)6-3/h11-13,15-16,21,23H,4-10,14,17-19H2,1-3H3. The number of carbonyl (C=O) groups excluding carboxylic acids is 1. The highest BCUT2D eigenvalue weighted by atomic mass is 16.5. The van der Waals surface area contributed by atoms with Crippen LogP contribution in [0.15, 0.2) is 30.3 Å². The van der Waals surface area contributed by atoms with E-state index >= 15 is 0 Å². The Morgan fingerprint density at radius 3 is 2.31 bits per heavy atom. The molecule has 0 aromatic heterocycles. The van der Waals surface area contributed by atoms with Crippen LogP contribution in [-0.2, 0) is 9.53 Å². The quantitative estimate of drug-likeness (QED) is 0.367. The number of likely N-dealkylation sites (N-methyl/N-ethyl adjacent to an activating group) is 1. The molecule has 0 aliphatic rings. The molecule has 1 aromatic carbocycles. The van der Waals surface area contributed by atoms with Gasteiger partial charge < -0.3 is 9.64 Å². The van der Waals surface area contributed by atoms with Crippen LogP contribution in [0.5, 0.6) is 0 Å². The lowest BCUT2D eigenvalue weighted by Gasteiger charge is -2.22. The van der Waals surface area contributed by atoms with Crippen LogP contribution in [-0.4, -0.2) is 43.7 Å². The number of hydrogen-bond donors (Lipinski definition) is 1. The third kappa shape index (κ3) is 9.35. The molecular weight excluding hydrogens is 324 g/mol. The van der Waals surface area contributed by atoms with Gasteiger partial charge in [0.15, 0.2) is 0 Å². The number of carbonyl (C=O) groups is 1. The first-order valence-corrected chi connectivity index (χ1v) is 10.4. The lowest BCUT2D eigenvalue weighted by Crippen LogP contribution is -2.37. The van der Waals surface area contributed by atoms with Gasteiger partial charge >= 0.3 is 5.97 Å². The summed E-state index contributed by atoms with van der Waals surface area (Å²) in [7, 11) is 0. The van der Waals surface area contributed by atoms with Crippen LogP contribution in [0, 0.1) is 0 Å². The molecule has 0 radical (unpaired) electrons. The molecule has 1 atom stereocenters. The monoisotopic (exact) mass is 362 g/mol. The van der Waals surface area contributed by atoms with Crippen molar-refractivity contribution < 1.29 is 9.53 Å². The number of unbranched alkanes of at least 4 members (excludes halogenated alkanes) is 5. The molecule has 0 fully saturated rings. The molecule has 1 rings (SSSR count). The maximum absolute atomic E-state index is 12.6. The van der Waals surface area contributed by atoms with Crippen molar-refractivity contribution in [3.8, 4) is 0 Å². The van der Waals surface area contributed by atoms with Crippen molar-refractivity contribution in [3.63, 3.8) is 0 Å². The van der Waals surface area contributed by atoms with Gasteiger partial charge in [0.2, 0.25) is 0 Å². The topological polar surface area (TPSA) is 41.6 Å². The van der Waals surface area contributed by atoms with Gasteiger partial charge in [0.05, 0.1) is 6.61 Å². The molecule has 26 heavy (non-hydrogen) atoms. The summed E-state index contributed by atoms with van der Waals surface area (Å²) in [5.74, 6) is -0.163. The van der Waals surface area contributed by atoms with Crippen LogP contribution in [0.1, 0.15) is 70.9 Å². The van der Waals surface area contributed by atoms with Crippen molar-refractivity contribution in [1.29, 1.82) is 0 Å². The molecule has 1 unspecified atom stereocenters. The van der Waals surface area contributed by atoms with E-state index in [1.54, 1.807) is 0 Å². The van der Waals surface area contributed by atoms with E-state index in [9.17, 15) is 4.79 Å². The normalized spacial score (nSPS) is 12.3. The van der Waals surface area contributed by atoms with Crippen molar-refractivity contribution in [1.82, 2.24) is 10.2 Å². The fourth-order valence-corrected chi connectivity index (χ4v) is 3.03. The molecular formula is C22H38N2O2. The average molecular weight is 363 g/mol. The molecule has 148 valence electrons. The van der Waals surface area contributed by atoms with Crippen molar-refractivity contribution in [2.24, 2.45) is 0 Å². The summed E-state index contributed by atoms with van der Waals surface area (Å²) in [5.41, 5.74) is 0.972. The summed E-state index contributed by atoms with van der Waals surface area (Å²) in [5, 5.41) is 3.39. The van der Waals surface area contributed by atoms with Crippen molar-refractivity contribution in [2.75, 3.05) is 32.8 Å². The number of esters is 1. The Morgan fingerprint density at radius 1 is 1.00 bits per heavy atom. The molecule has 0 spiro atoms. The van der Waals surface area contributed by atoms with Gasteiger partial charge in [-0.2, -0.15) is 0 Å². The summed E-state index contributed by atoms with van der Waals surface area (Å²) in [6.45, 7) is 10.8. The third-order valence-electron chi connectivity index (χ3n) is 4.78. The predicted molar refractivity (Wildman–Crippen MR) is 109 cm³/mol. The zero-order valence-corrected chi connectivity index (χ0v) is 17.0. The van der Waals surface area contributed by atoms with Gasteiger partial charge in [0.25, 0.3) is 0 Å². The molecule has 0 amide bonds. The molecule has 0 saturated heterocycles. The van der Waals surface area contributed by atoms with Gasteiger partial charge in [-0.3, -0.25) is 5.32 Å². The average Bonchev–Trinajstić information content (AvgIpc) is 2.68. The Labute approximate surface area is 160 Å². The largest absolute Gasteiger partial charge is 0.464 e. The van der Waals surface area contributed by atoms with Crippen molar-refractivity contribution in [2.45, 2.75) is 65.3 Å². The smallest absolute Gasteiger partial charge is 0.327 e. The minimum Gasteiger partial charge on any atom is -0.464 e. The first-order chi connectivity index (χ1) is 12.7. The fourth-order valence-electron chi connectivity index (χ4n) is 3.03. The molecule has 0 aliphatic carbocycles. The first kappa shape index (κ1) is 22.7. The van der Waals surface area contributed by atoms with E-state index in [1.807, 2.05) is 30.3 Å². The van der Waals surface area contributed by atoms with E-state index in [-0.39, 0.29) is 12.0 Å². The SMILES string of the molecule is CCCCCCCCOC(=O)C(NCCN(CC)CC)c1ccccc1. The molecule has 4 nitrogen and oxygen atoms in total. The lowest BCUT2D eigenvalue weighted by molar-refractivity contribution is -0.146. The van der Waals surface area contributed by atoms with Gasteiger partial charge in [-0.05, 0) is 25.1 Å². The second-order valence-electron chi connectivity index (χ2n) is 6.76. The number of nitrogens with zero attached hydrogens (tertiary/aromatic N) is 1. The zero-order valence-electron chi connectivity index (χ0n) is 17.0. The van der Waals surface area contributed by atoms with Crippen LogP contribution in [0.25, 0.3) is 0 Å². The van der Waals surface area contributed by atoms with E-state index in [4.69, 9.17) is 4.74 Å². The van der Waals surface area contributed by atoms with Crippen LogP contribution >= 0.6 is 0 Å². The fraction of sp³-hybridized carbons (Fsp3) is 0.682. The van der Waals surface area contributed by atoms with E-state index in [0.717, 1.165) is 44.6 Å². The molecule has 0 saturated carbocycles. The first-order valence-electron chi connectivity index (χ1n) is 10.4. The summed E-state index contributed by atoms with van der Waals surface area (Å²) in [4.78, 5) is 14.9. The number of nitrogens with one attached hydrogen (secondary N) is 1. The summed E-state index contributed by atoms with van der Waals surface area (Å²) < 4.78 is 5.56. The van der Waals surface area contributed by atoms with E-state index in [0.29, 0.717) is 6.61 Å². The highest BCUT2D eigenvalue weighted by molar-refractivity contribution is 5.77. The number of ether oxygens (including phenoxy) is 1. The van der Waals surface area contributed by atoms with Gasteiger partial charge in [-0.15, -0.1) is 0 Å². The van der Waals surface area contributed by atoms with Crippen LogP contribution in [0.4, 0.5) is 0 Å². The predicted octanol–water partition coefficient (Wildman–Crippen LogP) is 4.56. The van der Waals surface area contributed by atoms with E-state index < -0.39 is 0 Å². The number of benzene rings is 1. The van der Waals surface area contributed by atoms with Crippen molar-refractivity contribution in [3.05, 3.63) is 35.9 Å². The van der Waals surface area contributed by atoms with Crippen molar-refractivity contribution >= 4 is 5.97 Å². The summed E-state index contributed by atoms with van der Waals surface area (Å²) in [6.07, 6.45) is 7.16. The van der Waals surface area contributed by atoms with Gasteiger partial charge in [-0.1, -0.05) is 83.2 Å². The lowest BCUT2D eigenvalue weighted by atomic mass is 10.1. The number of hydrogen-bond acceptors (Lipinski definition) is 4. The molecule has 1 N–H and O–H groups in total. The highest BCUT2D eigenvalue weighted by Gasteiger charge is 2.21. The van der Waals surface area contributed by atoms with Crippen LogP contribution in [0.3, 0.4) is 0 Å². The molecule has 4 heteroatoms. The maximum Gasteiger partial charge on any atom is 0.327 e. The Kier molecular flexibility index (Phi) is 12.8. The Hall–Kier alpha value is -1.39. The van der Waals surface area contributed by atoms with Gasteiger partial charge in [-0.25, -0.2) is 4.79 Å². The zero-order chi connectivity index (χ0) is 19.0. The highest BCUT2D eigenvalue weighted by Crippen LogP contribution is 2.15. The molecule has 1 aromatic rings. The molecule has 0 bridgehead atoms. The minimum atomic E-state index is -0.383. The molecule has 0 heterocycles. The summed E-state index contributed by atoms with van der Waals surface area (Å²) >= 11 is 0. The maximum atomic E-state index is 12.6. The number of rotatable bonds is 15.